The predicted molar refractivity (Wildman–Crippen MR) is 252 cm³/mol. The molecule has 2 atom stereocenters. The predicted octanol–water partition coefficient (Wildman–Crippen LogP) is 14.9. The van der Waals surface area contributed by atoms with Crippen molar-refractivity contribution in [3.63, 3.8) is 0 Å². The van der Waals surface area contributed by atoms with E-state index in [9.17, 15) is 14.3 Å². The highest BCUT2D eigenvalue weighted by molar-refractivity contribution is 7.47. The fraction of sp³-hybridized carbons (Fsp3) is 0.780. The molecule has 2 unspecified atom stereocenters. The third-order valence-electron chi connectivity index (χ3n) is 10.2. The Morgan fingerprint density at radius 2 is 0.932 bits per heavy atom. The fourth-order valence-electron chi connectivity index (χ4n) is 6.68. The molecule has 0 bridgehead atoms. The summed E-state index contributed by atoms with van der Waals surface area (Å²) in [6, 6.07) is 0. The zero-order chi connectivity index (χ0) is 43.0. The Morgan fingerprint density at radius 3 is 1.36 bits per heavy atom. The van der Waals surface area contributed by atoms with Crippen LogP contribution in [0.25, 0.3) is 0 Å². The molecule has 0 amide bonds. The Balaban J connectivity index is 4.00. The molecular weight excluding hydrogens is 758 g/mol. The van der Waals surface area contributed by atoms with Crippen LogP contribution in [0.4, 0.5) is 0 Å². The van der Waals surface area contributed by atoms with Crippen molar-refractivity contribution in [3.8, 4) is 0 Å². The summed E-state index contributed by atoms with van der Waals surface area (Å²) in [7, 11) is -4.30. The lowest BCUT2D eigenvalue weighted by Gasteiger charge is -2.20. The third-order valence-corrected chi connectivity index (χ3v) is 11.2. The Hall–Kier alpha value is -1.80. The highest BCUT2D eigenvalue weighted by Crippen LogP contribution is 2.43. The smallest absolute Gasteiger partial charge is 0.457 e. The normalized spacial score (nSPS) is 13.9. The van der Waals surface area contributed by atoms with Crippen LogP contribution < -0.4 is 5.73 Å². The van der Waals surface area contributed by atoms with Gasteiger partial charge in [0.15, 0.2) is 0 Å². The lowest BCUT2D eigenvalue weighted by molar-refractivity contribution is -0.154. The molecule has 9 heteroatoms. The summed E-state index contributed by atoms with van der Waals surface area (Å²) in [5, 5.41) is 0. The number of hydrogen-bond donors (Lipinski definition) is 2. The second-order valence-corrected chi connectivity index (χ2v) is 17.4. The summed E-state index contributed by atoms with van der Waals surface area (Å²) in [6.07, 6.45) is 58.4. The standard InChI is InChI=1S/C50H92NO7P/c1-3-5-7-9-11-13-15-17-19-21-22-23-24-25-26-28-30-32-34-36-38-40-42-45-55-47-49(48-57-59(53,54)56-46-44-51)58-50(52)43-41-39-37-35-33-31-29-27-20-18-16-14-12-10-8-6-4-2/h6,8,12,14,18,20,29,31,35,37,49H,3-5,7,9-11,13,15-17,19,21-28,30,32-34,36,38-48,51H2,1-2H3,(H,53,54)/b8-6-,14-12-,20-18-,31-29-,37-35-. The molecule has 0 saturated carbocycles. The Morgan fingerprint density at radius 1 is 0.525 bits per heavy atom. The van der Waals surface area contributed by atoms with Crippen molar-refractivity contribution >= 4 is 13.8 Å². The van der Waals surface area contributed by atoms with Crippen molar-refractivity contribution in [2.24, 2.45) is 5.73 Å². The van der Waals surface area contributed by atoms with Gasteiger partial charge in [-0.15, -0.1) is 0 Å². The van der Waals surface area contributed by atoms with Gasteiger partial charge >= 0.3 is 13.8 Å². The molecule has 0 saturated heterocycles. The molecular formula is C50H92NO7P. The second kappa shape index (κ2) is 47.3. The van der Waals surface area contributed by atoms with Gasteiger partial charge in [-0.3, -0.25) is 13.8 Å². The minimum atomic E-state index is -4.30. The van der Waals surface area contributed by atoms with Gasteiger partial charge in [-0.2, -0.15) is 0 Å². The van der Waals surface area contributed by atoms with E-state index in [0.29, 0.717) is 13.0 Å². The van der Waals surface area contributed by atoms with E-state index in [0.717, 1.165) is 51.4 Å². The number of phosphoric ester groups is 1. The molecule has 344 valence electrons. The number of carbonyl (C=O) groups is 1. The molecule has 0 aromatic carbocycles. The van der Waals surface area contributed by atoms with Crippen LogP contribution >= 0.6 is 7.82 Å². The van der Waals surface area contributed by atoms with Gasteiger partial charge in [0.2, 0.25) is 0 Å². The lowest BCUT2D eigenvalue weighted by atomic mass is 10.0. The van der Waals surface area contributed by atoms with E-state index in [1.807, 2.05) is 0 Å². The summed E-state index contributed by atoms with van der Waals surface area (Å²) in [4.78, 5) is 22.5. The van der Waals surface area contributed by atoms with Crippen molar-refractivity contribution in [2.75, 3.05) is 33.0 Å². The van der Waals surface area contributed by atoms with E-state index in [2.05, 4.69) is 74.6 Å². The molecule has 0 heterocycles. The van der Waals surface area contributed by atoms with Crippen LogP contribution in [0.5, 0.6) is 0 Å². The Bertz CT molecular complexity index is 1090. The minimum Gasteiger partial charge on any atom is -0.457 e. The Labute approximate surface area is 363 Å². The average molecular weight is 850 g/mol. The third kappa shape index (κ3) is 47.1. The van der Waals surface area contributed by atoms with E-state index in [1.54, 1.807) is 0 Å². The van der Waals surface area contributed by atoms with Gasteiger partial charge in [0, 0.05) is 19.6 Å². The monoisotopic (exact) mass is 850 g/mol. The molecule has 0 aliphatic carbocycles. The highest BCUT2D eigenvalue weighted by atomic mass is 31.2. The van der Waals surface area contributed by atoms with Gasteiger partial charge in [-0.1, -0.05) is 216 Å². The van der Waals surface area contributed by atoms with Gasteiger partial charge in [-0.25, -0.2) is 4.57 Å². The van der Waals surface area contributed by atoms with Crippen molar-refractivity contribution in [1.29, 1.82) is 0 Å². The first-order chi connectivity index (χ1) is 28.9. The molecule has 3 N–H and O–H groups in total. The molecule has 59 heavy (non-hydrogen) atoms. The maximum Gasteiger partial charge on any atom is 0.472 e. The molecule has 0 aromatic heterocycles. The number of rotatable bonds is 46. The number of carbonyl (C=O) groups excluding carboxylic acids is 1. The van der Waals surface area contributed by atoms with Gasteiger partial charge in [-0.05, 0) is 51.4 Å². The first kappa shape index (κ1) is 57.2. The number of nitrogens with two attached hydrogens (primary N) is 1. The first-order valence-electron chi connectivity index (χ1n) is 24.3. The SMILES string of the molecule is CC/C=C\C/C=C\C/C=C\C/C=C\C/C=C\CCCC(=O)OC(COCCCCCCCCCCCCCCCCCCCCCCCCC)COP(=O)(O)OCCN. The van der Waals surface area contributed by atoms with E-state index in [1.165, 1.54) is 135 Å². The van der Waals surface area contributed by atoms with E-state index >= 15 is 0 Å². The minimum absolute atomic E-state index is 0.0902. The topological polar surface area (TPSA) is 117 Å². The van der Waals surface area contributed by atoms with E-state index in [-0.39, 0.29) is 38.8 Å². The molecule has 0 aromatic rings. The zero-order valence-corrected chi connectivity index (χ0v) is 39.1. The summed E-state index contributed by atoms with van der Waals surface area (Å²) < 4.78 is 33.5. The van der Waals surface area contributed by atoms with Crippen molar-refractivity contribution in [2.45, 2.75) is 219 Å². The zero-order valence-electron chi connectivity index (χ0n) is 38.2. The van der Waals surface area contributed by atoms with Crippen molar-refractivity contribution in [3.05, 3.63) is 60.8 Å². The maximum absolute atomic E-state index is 12.6. The first-order valence-corrected chi connectivity index (χ1v) is 25.8. The van der Waals surface area contributed by atoms with E-state index < -0.39 is 13.9 Å². The van der Waals surface area contributed by atoms with E-state index in [4.69, 9.17) is 24.3 Å². The molecule has 0 fully saturated rings. The summed E-state index contributed by atoms with van der Waals surface area (Å²) >= 11 is 0. The van der Waals surface area contributed by atoms with Crippen molar-refractivity contribution < 1.29 is 32.8 Å². The Kier molecular flexibility index (Phi) is 45.8. The van der Waals surface area contributed by atoms with Crippen LogP contribution in [-0.4, -0.2) is 49.9 Å². The highest BCUT2D eigenvalue weighted by Gasteiger charge is 2.25. The number of unbranched alkanes of at least 4 members (excludes halogenated alkanes) is 23. The molecule has 0 aliphatic heterocycles. The van der Waals surface area contributed by atoms with Crippen molar-refractivity contribution in [1.82, 2.24) is 0 Å². The fourth-order valence-corrected chi connectivity index (χ4v) is 7.45. The van der Waals surface area contributed by atoms with Crippen LogP contribution in [-0.2, 0) is 27.9 Å². The summed E-state index contributed by atoms with van der Waals surface area (Å²) in [6.45, 7) is 4.75. The quantitative estimate of drug-likeness (QED) is 0.0269. The molecule has 0 aliphatic rings. The number of phosphoric acid groups is 1. The van der Waals surface area contributed by atoms with Crippen LogP contribution in [0.3, 0.4) is 0 Å². The number of hydrogen-bond acceptors (Lipinski definition) is 7. The van der Waals surface area contributed by atoms with Crippen LogP contribution in [0.1, 0.15) is 213 Å². The lowest BCUT2D eigenvalue weighted by Crippen LogP contribution is -2.28. The van der Waals surface area contributed by atoms with Gasteiger partial charge < -0.3 is 20.1 Å². The number of allylic oxidation sites excluding steroid dienone is 10. The summed E-state index contributed by atoms with van der Waals surface area (Å²) in [5.41, 5.74) is 5.38. The summed E-state index contributed by atoms with van der Waals surface area (Å²) in [5.74, 6) is -0.384. The van der Waals surface area contributed by atoms with Gasteiger partial charge in [0.05, 0.1) is 19.8 Å². The molecule has 8 nitrogen and oxygen atoms in total. The van der Waals surface area contributed by atoms with Crippen LogP contribution in [0.2, 0.25) is 0 Å². The van der Waals surface area contributed by atoms with Gasteiger partial charge in [0.1, 0.15) is 6.10 Å². The number of esters is 1. The second-order valence-electron chi connectivity index (χ2n) is 16.0. The van der Waals surface area contributed by atoms with Crippen LogP contribution in [0, 0.1) is 0 Å². The average Bonchev–Trinajstić information content (AvgIpc) is 3.23. The molecule has 0 spiro atoms. The largest absolute Gasteiger partial charge is 0.472 e. The van der Waals surface area contributed by atoms with Crippen LogP contribution in [0.15, 0.2) is 60.8 Å². The molecule has 0 rings (SSSR count). The van der Waals surface area contributed by atoms with Gasteiger partial charge in [0.25, 0.3) is 0 Å². The number of ether oxygens (including phenoxy) is 2. The molecule has 0 radical (unpaired) electrons. The maximum atomic E-state index is 12.6.